The van der Waals surface area contributed by atoms with E-state index in [1.54, 1.807) is 6.08 Å². The molecule has 6 nitrogen and oxygen atoms in total. The van der Waals surface area contributed by atoms with Crippen LogP contribution < -0.4 is 0 Å². The fourth-order valence-electron chi connectivity index (χ4n) is 2.47. The summed E-state index contributed by atoms with van der Waals surface area (Å²) in [7, 11) is 0. The topological polar surface area (TPSA) is 67.3 Å². The van der Waals surface area contributed by atoms with Crippen LogP contribution in [0, 0.1) is 0 Å². The SMILES string of the molecule is CCOC1=CC(OCC)(N2CCOCC2)C=CC1=[N+]=[N-]. The van der Waals surface area contributed by atoms with Crippen molar-refractivity contribution < 1.29 is 19.0 Å². The van der Waals surface area contributed by atoms with E-state index in [0.717, 1.165) is 13.1 Å². The first-order valence-corrected chi connectivity index (χ1v) is 6.99. The summed E-state index contributed by atoms with van der Waals surface area (Å²) in [6.07, 6.45) is 5.51. The lowest BCUT2D eigenvalue weighted by Crippen LogP contribution is -2.54. The summed E-state index contributed by atoms with van der Waals surface area (Å²) in [6.45, 7) is 7.86. The molecule has 1 atom stereocenters. The smallest absolute Gasteiger partial charge is 0.356 e. The Morgan fingerprint density at radius 2 is 2.10 bits per heavy atom. The van der Waals surface area contributed by atoms with Crippen LogP contribution in [0.2, 0.25) is 0 Å². The van der Waals surface area contributed by atoms with Gasteiger partial charge in [-0.3, -0.25) is 4.90 Å². The molecule has 2 aliphatic rings. The summed E-state index contributed by atoms with van der Waals surface area (Å²) in [5, 5.41) is 0. The predicted octanol–water partition coefficient (Wildman–Crippen LogP) is 1.21. The maximum Gasteiger partial charge on any atom is 0.356 e. The molecule has 0 amide bonds. The molecule has 1 fully saturated rings. The average molecular weight is 279 g/mol. The highest BCUT2D eigenvalue weighted by Crippen LogP contribution is 2.28. The van der Waals surface area contributed by atoms with Crippen LogP contribution in [-0.4, -0.2) is 60.6 Å². The number of hydrogen-bond donors (Lipinski definition) is 0. The van der Waals surface area contributed by atoms with Gasteiger partial charge >= 0.3 is 5.71 Å². The van der Waals surface area contributed by atoms with Crippen molar-refractivity contribution in [1.29, 1.82) is 0 Å². The Bertz CT molecular complexity index is 449. The van der Waals surface area contributed by atoms with Crippen molar-refractivity contribution in [2.45, 2.75) is 19.6 Å². The molecule has 2 rings (SSSR count). The molecule has 0 aromatic carbocycles. The van der Waals surface area contributed by atoms with Crippen molar-refractivity contribution in [3.63, 3.8) is 0 Å². The minimum absolute atomic E-state index is 0.412. The van der Waals surface area contributed by atoms with Crippen molar-refractivity contribution in [2.24, 2.45) is 0 Å². The number of hydrogen-bond acceptors (Lipinski definition) is 4. The van der Waals surface area contributed by atoms with Crippen LogP contribution in [0.4, 0.5) is 0 Å². The molecule has 0 radical (unpaired) electrons. The summed E-state index contributed by atoms with van der Waals surface area (Å²) < 4.78 is 16.9. The quantitative estimate of drug-likeness (QED) is 0.560. The van der Waals surface area contributed by atoms with Gasteiger partial charge in [0.1, 0.15) is 0 Å². The molecule has 0 saturated carbocycles. The lowest BCUT2D eigenvalue weighted by Gasteiger charge is -2.42. The van der Waals surface area contributed by atoms with Gasteiger partial charge in [-0.15, -0.1) is 0 Å². The maximum atomic E-state index is 9.04. The van der Waals surface area contributed by atoms with E-state index < -0.39 is 5.72 Å². The molecule has 20 heavy (non-hydrogen) atoms. The van der Waals surface area contributed by atoms with Crippen molar-refractivity contribution in [3.05, 3.63) is 29.5 Å². The largest absolute Gasteiger partial charge is 0.487 e. The highest BCUT2D eigenvalue weighted by molar-refractivity contribution is 6.04. The van der Waals surface area contributed by atoms with Crippen LogP contribution in [0.1, 0.15) is 13.8 Å². The molecule has 0 aromatic heterocycles. The molecule has 0 aromatic rings. The molecule has 110 valence electrons. The van der Waals surface area contributed by atoms with E-state index in [-0.39, 0.29) is 0 Å². The molecule has 1 aliphatic heterocycles. The van der Waals surface area contributed by atoms with Gasteiger partial charge in [-0.1, -0.05) is 0 Å². The molecule has 1 saturated heterocycles. The normalized spacial score (nSPS) is 27.1. The predicted molar refractivity (Wildman–Crippen MR) is 74.2 cm³/mol. The second kappa shape index (κ2) is 6.81. The Balaban J connectivity index is 2.33. The van der Waals surface area contributed by atoms with Crippen molar-refractivity contribution in [1.82, 2.24) is 4.90 Å². The Morgan fingerprint density at radius 1 is 1.35 bits per heavy atom. The lowest BCUT2D eigenvalue weighted by atomic mass is 10.0. The van der Waals surface area contributed by atoms with Crippen molar-refractivity contribution in [2.75, 3.05) is 39.5 Å². The van der Waals surface area contributed by atoms with E-state index in [1.807, 2.05) is 26.0 Å². The fraction of sp³-hybridized carbons (Fsp3) is 0.643. The van der Waals surface area contributed by atoms with Crippen LogP contribution in [0.3, 0.4) is 0 Å². The second-order valence-electron chi connectivity index (χ2n) is 4.54. The van der Waals surface area contributed by atoms with Gasteiger partial charge in [0.25, 0.3) is 0 Å². The zero-order valence-corrected chi connectivity index (χ0v) is 12.0. The van der Waals surface area contributed by atoms with Crippen LogP contribution in [0.5, 0.6) is 0 Å². The monoisotopic (exact) mass is 279 g/mol. The van der Waals surface area contributed by atoms with E-state index in [2.05, 4.69) is 9.69 Å². The van der Waals surface area contributed by atoms with E-state index in [4.69, 9.17) is 19.7 Å². The lowest BCUT2D eigenvalue weighted by molar-refractivity contribution is -0.118. The van der Waals surface area contributed by atoms with Crippen molar-refractivity contribution >= 4 is 5.71 Å². The molecular weight excluding hydrogens is 258 g/mol. The molecule has 1 aliphatic carbocycles. The third-order valence-electron chi connectivity index (χ3n) is 3.36. The van der Waals surface area contributed by atoms with E-state index >= 15 is 0 Å². The highest BCUT2D eigenvalue weighted by atomic mass is 16.5. The molecule has 0 bridgehead atoms. The van der Waals surface area contributed by atoms with Gasteiger partial charge in [0.05, 0.1) is 19.8 Å². The summed E-state index contributed by atoms with van der Waals surface area (Å²) in [6, 6.07) is 0. The van der Waals surface area contributed by atoms with E-state index in [9.17, 15) is 0 Å². The van der Waals surface area contributed by atoms with Gasteiger partial charge in [-0.05, 0) is 19.9 Å². The van der Waals surface area contributed by atoms with E-state index in [0.29, 0.717) is 37.9 Å². The molecule has 0 N–H and O–H groups in total. The average Bonchev–Trinajstić information content (AvgIpc) is 2.49. The number of nitrogens with zero attached hydrogens (tertiary/aromatic N) is 3. The van der Waals surface area contributed by atoms with Gasteiger partial charge in [0.15, 0.2) is 5.72 Å². The standard InChI is InChI=1S/C14H21N3O3/c1-3-19-13-11-14(20-4-2,6-5-12(13)16-15)17-7-9-18-10-8-17/h5-6,11H,3-4,7-10H2,1-2H3. The maximum absolute atomic E-state index is 9.04. The Hall–Kier alpha value is -1.46. The Kier molecular flexibility index (Phi) is 5.09. The van der Waals surface area contributed by atoms with Gasteiger partial charge in [-0.25, -0.2) is 0 Å². The van der Waals surface area contributed by atoms with Crippen molar-refractivity contribution in [3.8, 4) is 0 Å². The number of allylic oxidation sites excluding steroid dienone is 1. The third-order valence-corrected chi connectivity index (χ3v) is 3.36. The zero-order valence-electron chi connectivity index (χ0n) is 12.0. The van der Waals surface area contributed by atoms with Crippen LogP contribution in [0.25, 0.3) is 5.53 Å². The Labute approximate surface area is 119 Å². The first kappa shape index (κ1) is 14.9. The summed E-state index contributed by atoms with van der Waals surface area (Å²) in [5.74, 6) is 0.539. The van der Waals surface area contributed by atoms with Crippen LogP contribution in [-0.2, 0) is 14.2 Å². The summed E-state index contributed by atoms with van der Waals surface area (Å²) >= 11 is 0. The summed E-state index contributed by atoms with van der Waals surface area (Å²) in [4.78, 5) is 5.45. The van der Waals surface area contributed by atoms with Crippen LogP contribution in [0.15, 0.2) is 24.0 Å². The minimum Gasteiger partial charge on any atom is -0.487 e. The fourth-order valence-corrected chi connectivity index (χ4v) is 2.47. The number of rotatable bonds is 5. The molecule has 1 heterocycles. The first-order chi connectivity index (χ1) is 9.75. The molecule has 0 spiro atoms. The number of ether oxygens (including phenoxy) is 3. The number of morpholine rings is 1. The van der Waals surface area contributed by atoms with Gasteiger partial charge in [-0.2, -0.15) is 4.79 Å². The van der Waals surface area contributed by atoms with Gasteiger partial charge in [0, 0.05) is 31.8 Å². The highest BCUT2D eigenvalue weighted by Gasteiger charge is 2.39. The Morgan fingerprint density at radius 3 is 2.70 bits per heavy atom. The minimum atomic E-state index is -0.656. The first-order valence-electron chi connectivity index (χ1n) is 6.99. The molecule has 6 heteroatoms. The summed E-state index contributed by atoms with van der Waals surface area (Å²) in [5.41, 5.74) is 8.80. The molecule has 1 unspecified atom stereocenters. The van der Waals surface area contributed by atoms with Gasteiger partial charge in [0.2, 0.25) is 5.76 Å². The van der Waals surface area contributed by atoms with Crippen LogP contribution >= 0.6 is 0 Å². The third kappa shape index (κ3) is 2.99. The molecular formula is C14H21N3O3. The second-order valence-corrected chi connectivity index (χ2v) is 4.54. The zero-order chi connectivity index (χ0) is 14.4. The van der Waals surface area contributed by atoms with E-state index in [1.165, 1.54) is 0 Å². The van der Waals surface area contributed by atoms with Gasteiger partial charge < -0.3 is 19.7 Å².